The molecule has 0 spiro atoms. The number of para-hydroxylation sites is 1. The van der Waals surface area contributed by atoms with Gasteiger partial charge in [0.05, 0.1) is 25.9 Å². The van der Waals surface area contributed by atoms with Gasteiger partial charge in [-0.3, -0.25) is 14.9 Å². The van der Waals surface area contributed by atoms with Crippen molar-refractivity contribution in [1.82, 2.24) is 10.2 Å². The lowest BCUT2D eigenvalue weighted by Gasteiger charge is -2.19. The molecule has 1 aliphatic heterocycles. The molecule has 4 rings (SSSR count). The fourth-order valence-electron chi connectivity index (χ4n) is 4.31. The SMILES string of the molecule is COc1ccccc1[C@@H](C)COC(=O)Nc1cccc(CN(C)C(=O)CNc2cc3c(cc2F)CNC3=O)c1. The second-order valence-electron chi connectivity index (χ2n) is 9.34. The van der Waals surface area contributed by atoms with Crippen molar-refractivity contribution in [2.24, 2.45) is 0 Å². The zero-order valence-corrected chi connectivity index (χ0v) is 22.0. The van der Waals surface area contributed by atoms with E-state index in [1.54, 1.807) is 32.4 Å². The number of benzene rings is 3. The highest BCUT2D eigenvalue weighted by molar-refractivity contribution is 5.99. The average Bonchev–Trinajstić information content (AvgIpc) is 3.29. The molecular weight excluding hydrogens is 503 g/mol. The minimum Gasteiger partial charge on any atom is -0.496 e. The van der Waals surface area contributed by atoms with Crippen LogP contribution in [0.1, 0.15) is 39.9 Å². The van der Waals surface area contributed by atoms with Crippen LogP contribution in [0.5, 0.6) is 5.75 Å². The molecule has 1 aliphatic rings. The van der Waals surface area contributed by atoms with Crippen molar-refractivity contribution in [2.45, 2.75) is 25.9 Å². The predicted molar refractivity (Wildman–Crippen MR) is 145 cm³/mol. The third kappa shape index (κ3) is 6.84. The van der Waals surface area contributed by atoms with Crippen LogP contribution in [0.2, 0.25) is 0 Å². The number of hydrogen-bond acceptors (Lipinski definition) is 6. The lowest BCUT2D eigenvalue weighted by atomic mass is 10.0. The number of amides is 3. The van der Waals surface area contributed by atoms with Crippen LogP contribution >= 0.6 is 0 Å². The molecular formula is C29H31FN4O5. The summed E-state index contributed by atoms with van der Waals surface area (Å²) < 4.78 is 25.1. The van der Waals surface area contributed by atoms with Crippen LogP contribution in [-0.2, 0) is 22.6 Å². The smallest absolute Gasteiger partial charge is 0.411 e. The Hall–Kier alpha value is -4.60. The summed E-state index contributed by atoms with van der Waals surface area (Å²) in [5, 5.41) is 8.14. The molecule has 0 bridgehead atoms. The summed E-state index contributed by atoms with van der Waals surface area (Å²) in [6, 6.07) is 17.4. The maximum absolute atomic E-state index is 14.4. The second kappa shape index (κ2) is 12.3. The lowest BCUT2D eigenvalue weighted by Crippen LogP contribution is -2.32. The Morgan fingerprint density at radius 3 is 2.72 bits per heavy atom. The van der Waals surface area contributed by atoms with Crippen LogP contribution in [0, 0.1) is 5.82 Å². The van der Waals surface area contributed by atoms with E-state index >= 15 is 0 Å². The number of anilines is 2. The standard InChI is InChI=1S/C29H31FN4O5/c1-18(22-9-4-5-10-26(22)38-3)17-39-29(37)33-21-8-6-7-19(11-21)16-34(2)27(35)15-31-25-13-23-20(12-24(25)30)14-32-28(23)36/h4-13,18,31H,14-17H2,1-3H3,(H,32,36)(H,33,37)/t18-/m0/s1. The van der Waals surface area contributed by atoms with Gasteiger partial charge < -0.3 is 25.0 Å². The number of hydrogen-bond donors (Lipinski definition) is 3. The van der Waals surface area contributed by atoms with Gasteiger partial charge in [0.25, 0.3) is 5.91 Å². The number of carbonyl (C=O) groups is 3. The van der Waals surface area contributed by atoms with Crippen molar-refractivity contribution >= 4 is 29.3 Å². The number of nitrogens with one attached hydrogen (secondary N) is 3. The van der Waals surface area contributed by atoms with E-state index in [4.69, 9.17) is 9.47 Å². The normalized spacial score (nSPS) is 12.7. The van der Waals surface area contributed by atoms with Crippen molar-refractivity contribution in [1.29, 1.82) is 0 Å². The summed E-state index contributed by atoms with van der Waals surface area (Å²) in [6.07, 6.45) is -0.590. The van der Waals surface area contributed by atoms with E-state index in [1.807, 2.05) is 37.3 Å². The zero-order chi connectivity index (χ0) is 27.9. The van der Waals surface area contributed by atoms with Gasteiger partial charge in [-0.25, -0.2) is 9.18 Å². The van der Waals surface area contributed by atoms with E-state index in [-0.39, 0.29) is 43.1 Å². The molecule has 39 heavy (non-hydrogen) atoms. The molecule has 0 saturated carbocycles. The quantitative estimate of drug-likeness (QED) is 0.354. The van der Waals surface area contributed by atoms with Crippen LogP contribution in [0.4, 0.5) is 20.6 Å². The van der Waals surface area contributed by atoms with E-state index in [1.165, 1.54) is 17.0 Å². The largest absolute Gasteiger partial charge is 0.496 e. The molecule has 0 fully saturated rings. The number of ether oxygens (including phenoxy) is 2. The monoisotopic (exact) mass is 534 g/mol. The topological polar surface area (TPSA) is 109 Å². The number of rotatable bonds is 10. The highest BCUT2D eigenvalue weighted by Crippen LogP contribution is 2.26. The van der Waals surface area contributed by atoms with Gasteiger partial charge in [-0.1, -0.05) is 37.3 Å². The van der Waals surface area contributed by atoms with Crippen molar-refractivity contribution in [3.63, 3.8) is 0 Å². The van der Waals surface area contributed by atoms with E-state index in [0.29, 0.717) is 23.4 Å². The van der Waals surface area contributed by atoms with Gasteiger partial charge in [-0.15, -0.1) is 0 Å². The Bertz CT molecular complexity index is 1380. The van der Waals surface area contributed by atoms with Gasteiger partial charge in [0.2, 0.25) is 5.91 Å². The van der Waals surface area contributed by atoms with Crippen molar-refractivity contribution in [2.75, 3.05) is 37.9 Å². The maximum Gasteiger partial charge on any atom is 0.411 e. The number of halogens is 1. The maximum atomic E-state index is 14.4. The molecule has 0 aliphatic carbocycles. The Balaban J connectivity index is 1.27. The van der Waals surface area contributed by atoms with Crippen LogP contribution in [-0.4, -0.2) is 50.1 Å². The molecule has 0 saturated heterocycles. The Morgan fingerprint density at radius 1 is 1.13 bits per heavy atom. The third-order valence-electron chi connectivity index (χ3n) is 6.46. The van der Waals surface area contributed by atoms with Gasteiger partial charge in [0.15, 0.2) is 0 Å². The molecule has 1 atom stereocenters. The van der Waals surface area contributed by atoms with Gasteiger partial charge in [-0.05, 0) is 41.5 Å². The van der Waals surface area contributed by atoms with Crippen molar-refractivity contribution in [3.8, 4) is 5.75 Å². The van der Waals surface area contributed by atoms with Gasteiger partial charge in [0.1, 0.15) is 11.6 Å². The summed E-state index contributed by atoms with van der Waals surface area (Å²) >= 11 is 0. The van der Waals surface area contributed by atoms with E-state index in [2.05, 4.69) is 16.0 Å². The molecule has 0 radical (unpaired) electrons. The third-order valence-corrected chi connectivity index (χ3v) is 6.46. The van der Waals surface area contributed by atoms with Crippen molar-refractivity contribution < 1.29 is 28.2 Å². The first-order valence-corrected chi connectivity index (χ1v) is 12.5. The minimum absolute atomic E-state index is 0.0612. The first-order valence-electron chi connectivity index (χ1n) is 12.5. The molecule has 9 nitrogen and oxygen atoms in total. The van der Waals surface area contributed by atoms with Crippen LogP contribution in [0.3, 0.4) is 0 Å². The first kappa shape index (κ1) is 27.4. The fraction of sp³-hybridized carbons (Fsp3) is 0.276. The van der Waals surface area contributed by atoms with Crippen LogP contribution in [0.15, 0.2) is 60.7 Å². The molecule has 0 aromatic heterocycles. The Morgan fingerprint density at radius 2 is 1.92 bits per heavy atom. The number of fused-ring (bicyclic) bond motifs is 1. The molecule has 3 N–H and O–H groups in total. The summed E-state index contributed by atoms with van der Waals surface area (Å²) in [7, 11) is 3.23. The molecule has 10 heteroatoms. The number of methoxy groups -OCH3 is 1. The second-order valence-corrected chi connectivity index (χ2v) is 9.34. The lowest BCUT2D eigenvalue weighted by molar-refractivity contribution is -0.128. The molecule has 0 unspecified atom stereocenters. The van der Waals surface area contributed by atoms with E-state index in [9.17, 15) is 18.8 Å². The van der Waals surface area contributed by atoms with E-state index < -0.39 is 11.9 Å². The summed E-state index contributed by atoms with van der Waals surface area (Å²) in [5.74, 6) is -0.389. The summed E-state index contributed by atoms with van der Waals surface area (Å²) in [6.45, 7) is 2.53. The highest BCUT2D eigenvalue weighted by atomic mass is 19.1. The molecule has 3 amide bonds. The Kier molecular flexibility index (Phi) is 8.65. The average molecular weight is 535 g/mol. The number of carbonyl (C=O) groups excluding carboxylic acids is 3. The van der Waals surface area contributed by atoms with E-state index in [0.717, 1.165) is 16.9 Å². The van der Waals surface area contributed by atoms with Gasteiger partial charge >= 0.3 is 6.09 Å². The Labute approximate surface area is 226 Å². The first-order chi connectivity index (χ1) is 18.7. The summed E-state index contributed by atoms with van der Waals surface area (Å²) in [5.41, 5.74) is 3.34. The van der Waals surface area contributed by atoms with Gasteiger partial charge in [0, 0.05) is 42.9 Å². The zero-order valence-electron chi connectivity index (χ0n) is 22.0. The summed E-state index contributed by atoms with van der Waals surface area (Å²) in [4.78, 5) is 38.4. The molecule has 204 valence electrons. The van der Waals surface area contributed by atoms with Gasteiger partial charge in [-0.2, -0.15) is 0 Å². The number of nitrogens with zero attached hydrogens (tertiary/aromatic N) is 1. The van der Waals surface area contributed by atoms with Crippen LogP contribution < -0.4 is 20.7 Å². The molecule has 3 aromatic rings. The number of likely N-dealkylation sites (N-methyl/N-ethyl adjacent to an activating group) is 1. The highest BCUT2D eigenvalue weighted by Gasteiger charge is 2.22. The fourth-order valence-corrected chi connectivity index (χ4v) is 4.31. The minimum atomic E-state index is -0.590. The molecule has 3 aromatic carbocycles. The molecule has 1 heterocycles. The van der Waals surface area contributed by atoms with Crippen molar-refractivity contribution in [3.05, 3.63) is 88.7 Å². The van der Waals surface area contributed by atoms with Crippen LogP contribution in [0.25, 0.3) is 0 Å². The predicted octanol–water partition coefficient (Wildman–Crippen LogP) is 4.50.